The third-order valence-electron chi connectivity index (χ3n) is 3.84. The molecule has 0 aliphatic carbocycles. The van der Waals surface area contributed by atoms with Crippen LogP contribution >= 0.6 is 0 Å². The normalized spacial score (nSPS) is 11.8. The molecule has 1 amide bonds. The molecule has 3 aromatic rings. The first-order valence-corrected chi connectivity index (χ1v) is 8.05. The van der Waals surface area contributed by atoms with Crippen LogP contribution in [0.4, 0.5) is 0 Å². The van der Waals surface area contributed by atoms with E-state index < -0.39 is 0 Å². The van der Waals surface area contributed by atoms with Crippen molar-refractivity contribution in [2.45, 2.75) is 19.9 Å². The number of amides is 1. The lowest BCUT2D eigenvalue weighted by Crippen LogP contribution is -2.31. The van der Waals surface area contributed by atoms with Crippen molar-refractivity contribution in [3.05, 3.63) is 72.3 Å². The summed E-state index contributed by atoms with van der Waals surface area (Å²) in [7, 11) is 0. The average Bonchev–Trinajstić information content (AvgIpc) is 3.16. The number of hydrogen-bond acceptors (Lipinski definition) is 4. The molecular formula is C19H20N4O2. The van der Waals surface area contributed by atoms with Crippen molar-refractivity contribution < 1.29 is 9.53 Å². The summed E-state index contributed by atoms with van der Waals surface area (Å²) in [6.07, 6.45) is 3.13. The number of ether oxygens (including phenoxy) is 1. The predicted octanol–water partition coefficient (Wildman–Crippen LogP) is 2.83. The highest BCUT2D eigenvalue weighted by atomic mass is 16.5. The minimum atomic E-state index is -0.159. The van der Waals surface area contributed by atoms with Gasteiger partial charge in [-0.2, -0.15) is 5.10 Å². The fourth-order valence-electron chi connectivity index (χ4n) is 2.41. The summed E-state index contributed by atoms with van der Waals surface area (Å²) in [4.78, 5) is 16.0. The molecule has 0 aliphatic rings. The van der Waals surface area contributed by atoms with E-state index in [9.17, 15) is 4.79 Å². The Morgan fingerprint density at radius 3 is 2.52 bits per heavy atom. The highest BCUT2D eigenvalue weighted by Crippen LogP contribution is 2.15. The van der Waals surface area contributed by atoms with Crippen LogP contribution in [0.15, 0.2) is 61.2 Å². The monoisotopic (exact) mass is 336 g/mol. The second kappa shape index (κ2) is 7.61. The molecule has 6 heteroatoms. The van der Waals surface area contributed by atoms with Gasteiger partial charge in [-0.15, -0.1) is 0 Å². The summed E-state index contributed by atoms with van der Waals surface area (Å²) >= 11 is 0. The van der Waals surface area contributed by atoms with Crippen molar-refractivity contribution in [1.29, 1.82) is 0 Å². The van der Waals surface area contributed by atoms with E-state index in [2.05, 4.69) is 15.4 Å². The van der Waals surface area contributed by atoms with Crippen molar-refractivity contribution >= 4 is 5.91 Å². The number of carbonyl (C=O) groups excluding carboxylic acids is 1. The summed E-state index contributed by atoms with van der Waals surface area (Å²) in [5, 5.41) is 7.02. The van der Waals surface area contributed by atoms with Gasteiger partial charge in [0.1, 0.15) is 18.4 Å². The van der Waals surface area contributed by atoms with Gasteiger partial charge >= 0.3 is 0 Å². The van der Waals surface area contributed by atoms with Crippen LogP contribution in [-0.4, -0.2) is 27.3 Å². The van der Waals surface area contributed by atoms with Crippen molar-refractivity contribution in [3.63, 3.8) is 0 Å². The Bertz CT molecular complexity index is 812. The average molecular weight is 336 g/mol. The molecule has 2 aromatic carbocycles. The predicted molar refractivity (Wildman–Crippen MR) is 94.6 cm³/mol. The smallest absolute Gasteiger partial charge is 0.258 e. The van der Waals surface area contributed by atoms with E-state index in [4.69, 9.17) is 4.74 Å². The number of hydrogen-bond donors (Lipinski definition) is 1. The maximum atomic E-state index is 12.1. The van der Waals surface area contributed by atoms with Gasteiger partial charge in [-0.3, -0.25) is 4.79 Å². The van der Waals surface area contributed by atoms with E-state index in [1.54, 1.807) is 11.0 Å². The lowest BCUT2D eigenvalue weighted by Gasteiger charge is -2.15. The SMILES string of the molecule is Cc1ccc(OCC(=O)N[C@@H](C)c2ccc(-n3cncn3)cc2)cc1. The Balaban J connectivity index is 1.53. The molecule has 1 atom stereocenters. The number of nitrogens with one attached hydrogen (secondary N) is 1. The Labute approximate surface area is 146 Å². The molecule has 1 N–H and O–H groups in total. The number of rotatable bonds is 6. The van der Waals surface area contributed by atoms with E-state index in [1.807, 2.05) is 62.4 Å². The maximum absolute atomic E-state index is 12.1. The van der Waals surface area contributed by atoms with Gasteiger partial charge in [0, 0.05) is 0 Å². The van der Waals surface area contributed by atoms with Gasteiger partial charge in [0.25, 0.3) is 5.91 Å². The Kier molecular flexibility index (Phi) is 5.09. The number of carbonyl (C=O) groups is 1. The Hall–Kier alpha value is -3.15. The van der Waals surface area contributed by atoms with Crippen LogP contribution in [0.3, 0.4) is 0 Å². The second-order valence-corrected chi connectivity index (χ2v) is 5.82. The standard InChI is InChI=1S/C19H20N4O2/c1-14-3-9-18(10-4-14)25-11-19(24)22-15(2)16-5-7-17(8-6-16)23-13-20-12-21-23/h3-10,12-13,15H,11H2,1-2H3,(H,22,24)/t15-/m0/s1. The van der Waals surface area contributed by atoms with Gasteiger partial charge in [0.05, 0.1) is 11.7 Å². The second-order valence-electron chi connectivity index (χ2n) is 5.82. The van der Waals surface area contributed by atoms with Gasteiger partial charge in [-0.1, -0.05) is 29.8 Å². The number of nitrogens with zero attached hydrogens (tertiary/aromatic N) is 3. The molecule has 0 radical (unpaired) electrons. The van der Waals surface area contributed by atoms with Gasteiger partial charge in [-0.25, -0.2) is 9.67 Å². The fourth-order valence-corrected chi connectivity index (χ4v) is 2.41. The van der Waals surface area contributed by atoms with Crippen LogP contribution in [0, 0.1) is 6.92 Å². The Morgan fingerprint density at radius 1 is 1.16 bits per heavy atom. The molecule has 1 aromatic heterocycles. The van der Waals surface area contributed by atoms with Crippen LogP contribution < -0.4 is 10.1 Å². The molecule has 0 saturated carbocycles. The van der Waals surface area contributed by atoms with E-state index in [0.29, 0.717) is 5.75 Å². The molecule has 0 saturated heterocycles. The van der Waals surface area contributed by atoms with Gasteiger partial charge in [0.15, 0.2) is 6.61 Å². The lowest BCUT2D eigenvalue weighted by molar-refractivity contribution is -0.123. The molecule has 1 heterocycles. The summed E-state index contributed by atoms with van der Waals surface area (Å²) in [5.74, 6) is 0.527. The van der Waals surface area contributed by atoms with E-state index in [1.165, 1.54) is 6.33 Å². The molecule has 3 rings (SSSR count). The van der Waals surface area contributed by atoms with Gasteiger partial charge in [0.2, 0.25) is 0 Å². The minimum Gasteiger partial charge on any atom is -0.484 e. The lowest BCUT2D eigenvalue weighted by atomic mass is 10.1. The molecule has 0 spiro atoms. The number of benzene rings is 2. The number of aromatic nitrogens is 3. The first-order valence-electron chi connectivity index (χ1n) is 8.05. The molecular weight excluding hydrogens is 316 g/mol. The highest BCUT2D eigenvalue weighted by Gasteiger charge is 2.10. The van der Waals surface area contributed by atoms with E-state index in [0.717, 1.165) is 16.8 Å². The molecule has 0 bridgehead atoms. The van der Waals surface area contributed by atoms with Crippen LogP contribution in [0.1, 0.15) is 24.1 Å². The topological polar surface area (TPSA) is 69.0 Å². The minimum absolute atomic E-state index is 0.00948. The van der Waals surface area contributed by atoms with Crippen LogP contribution in [0.25, 0.3) is 5.69 Å². The third-order valence-corrected chi connectivity index (χ3v) is 3.84. The van der Waals surface area contributed by atoms with E-state index >= 15 is 0 Å². The van der Waals surface area contributed by atoms with Gasteiger partial charge in [-0.05, 0) is 43.7 Å². The summed E-state index contributed by atoms with van der Waals surface area (Å²) < 4.78 is 7.18. The van der Waals surface area contributed by atoms with E-state index in [-0.39, 0.29) is 18.6 Å². The summed E-state index contributed by atoms with van der Waals surface area (Å²) in [6, 6.07) is 15.3. The molecule has 128 valence electrons. The van der Waals surface area contributed by atoms with Crippen LogP contribution in [0.5, 0.6) is 5.75 Å². The fraction of sp³-hybridized carbons (Fsp3) is 0.211. The van der Waals surface area contributed by atoms with Gasteiger partial charge < -0.3 is 10.1 Å². The largest absolute Gasteiger partial charge is 0.484 e. The zero-order chi connectivity index (χ0) is 17.6. The quantitative estimate of drug-likeness (QED) is 0.751. The highest BCUT2D eigenvalue weighted by molar-refractivity contribution is 5.78. The van der Waals surface area contributed by atoms with Crippen molar-refractivity contribution in [2.24, 2.45) is 0 Å². The first kappa shape index (κ1) is 16.7. The molecule has 0 aliphatic heterocycles. The zero-order valence-corrected chi connectivity index (χ0v) is 14.2. The third kappa shape index (κ3) is 4.44. The summed E-state index contributed by atoms with van der Waals surface area (Å²) in [5.41, 5.74) is 3.08. The van der Waals surface area contributed by atoms with Crippen LogP contribution in [-0.2, 0) is 4.79 Å². The van der Waals surface area contributed by atoms with Crippen molar-refractivity contribution in [1.82, 2.24) is 20.1 Å². The van der Waals surface area contributed by atoms with Crippen molar-refractivity contribution in [2.75, 3.05) is 6.61 Å². The number of aryl methyl sites for hydroxylation is 1. The first-order chi connectivity index (χ1) is 12.1. The van der Waals surface area contributed by atoms with Crippen molar-refractivity contribution in [3.8, 4) is 11.4 Å². The Morgan fingerprint density at radius 2 is 1.88 bits per heavy atom. The zero-order valence-electron chi connectivity index (χ0n) is 14.2. The molecule has 25 heavy (non-hydrogen) atoms. The molecule has 6 nitrogen and oxygen atoms in total. The molecule has 0 unspecified atom stereocenters. The van der Waals surface area contributed by atoms with Crippen LogP contribution in [0.2, 0.25) is 0 Å². The maximum Gasteiger partial charge on any atom is 0.258 e. The summed E-state index contributed by atoms with van der Waals surface area (Å²) in [6.45, 7) is 3.94. The molecule has 0 fully saturated rings.